The number of rotatable bonds is 3. The van der Waals surface area contributed by atoms with Crippen molar-refractivity contribution in [1.82, 2.24) is 4.98 Å². The summed E-state index contributed by atoms with van der Waals surface area (Å²) in [6, 6.07) is 1.89. The first-order valence-electron chi connectivity index (χ1n) is 6.30. The highest BCUT2D eigenvalue weighted by atomic mass is 79.9. The largest absolute Gasteiger partial charge is 0.396 e. The Labute approximate surface area is 111 Å². The first-order chi connectivity index (χ1) is 8.15. The number of aromatic nitrogens is 1. The highest BCUT2D eigenvalue weighted by Gasteiger charge is 2.18. The van der Waals surface area contributed by atoms with Crippen LogP contribution in [0.5, 0.6) is 0 Å². The molecule has 1 heterocycles. The number of nitrogens with two attached hydrogens (primary N) is 1. The van der Waals surface area contributed by atoms with Crippen LogP contribution in [0.2, 0.25) is 0 Å². The number of hydrogen-bond acceptors (Lipinski definition) is 3. The molecule has 0 saturated heterocycles. The van der Waals surface area contributed by atoms with E-state index in [0.717, 1.165) is 28.7 Å². The smallest absolute Gasteiger partial charge is 0.149 e. The van der Waals surface area contributed by atoms with Crippen LogP contribution in [0.1, 0.15) is 32.6 Å². The summed E-state index contributed by atoms with van der Waals surface area (Å²) in [6.07, 6.45) is 7.17. The summed E-state index contributed by atoms with van der Waals surface area (Å²) in [5, 5.41) is 3.37. The normalized spacial score (nSPS) is 24.6. The lowest BCUT2D eigenvalue weighted by atomic mass is 9.82. The van der Waals surface area contributed by atoms with Crippen molar-refractivity contribution in [3.05, 3.63) is 16.7 Å². The molecule has 0 bridgehead atoms. The van der Waals surface area contributed by atoms with E-state index in [1.807, 2.05) is 6.07 Å². The van der Waals surface area contributed by atoms with E-state index in [2.05, 4.69) is 33.2 Å². The molecule has 0 aliphatic heterocycles. The Morgan fingerprint density at radius 1 is 1.53 bits per heavy atom. The van der Waals surface area contributed by atoms with Crippen LogP contribution < -0.4 is 11.1 Å². The maximum Gasteiger partial charge on any atom is 0.149 e. The van der Waals surface area contributed by atoms with Crippen molar-refractivity contribution in [3.8, 4) is 0 Å². The lowest BCUT2D eigenvalue weighted by Crippen LogP contribution is -2.21. The number of hydrogen-bond donors (Lipinski definition) is 2. The van der Waals surface area contributed by atoms with Crippen molar-refractivity contribution >= 4 is 27.4 Å². The molecule has 3 nitrogen and oxygen atoms in total. The summed E-state index contributed by atoms with van der Waals surface area (Å²) >= 11 is 3.36. The van der Waals surface area contributed by atoms with E-state index in [1.165, 1.54) is 25.7 Å². The molecule has 1 saturated carbocycles. The molecule has 2 atom stereocenters. The monoisotopic (exact) mass is 297 g/mol. The summed E-state index contributed by atoms with van der Waals surface area (Å²) in [5.41, 5.74) is 6.62. The van der Waals surface area contributed by atoms with Crippen molar-refractivity contribution in [2.75, 3.05) is 17.6 Å². The molecule has 0 spiro atoms. The summed E-state index contributed by atoms with van der Waals surface area (Å²) in [5.74, 6) is 2.45. The molecule has 2 unspecified atom stereocenters. The number of nitrogens with one attached hydrogen (secondary N) is 1. The second kappa shape index (κ2) is 5.71. The molecule has 2 rings (SSSR count). The van der Waals surface area contributed by atoms with Gasteiger partial charge in [-0.25, -0.2) is 4.98 Å². The van der Waals surface area contributed by atoms with E-state index in [9.17, 15) is 0 Å². The van der Waals surface area contributed by atoms with Crippen molar-refractivity contribution in [1.29, 1.82) is 0 Å². The maximum atomic E-state index is 5.91. The number of pyridine rings is 1. The molecule has 0 amide bonds. The summed E-state index contributed by atoms with van der Waals surface area (Å²) < 4.78 is 0.923. The molecular formula is C13H20BrN3. The fraction of sp³-hybridized carbons (Fsp3) is 0.615. The first kappa shape index (κ1) is 12.7. The summed E-state index contributed by atoms with van der Waals surface area (Å²) in [6.45, 7) is 3.33. The molecule has 94 valence electrons. The topological polar surface area (TPSA) is 50.9 Å². The van der Waals surface area contributed by atoms with Crippen LogP contribution in [-0.4, -0.2) is 11.5 Å². The molecular weight excluding hydrogens is 278 g/mol. The number of anilines is 2. The minimum absolute atomic E-state index is 0.711. The molecule has 1 fully saturated rings. The van der Waals surface area contributed by atoms with Gasteiger partial charge in [-0.3, -0.25) is 0 Å². The fourth-order valence-electron chi connectivity index (χ4n) is 2.59. The number of nitrogens with zero attached hydrogens (tertiary/aromatic N) is 1. The minimum Gasteiger partial charge on any atom is -0.396 e. The molecule has 1 aromatic heterocycles. The lowest BCUT2D eigenvalue weighted by molar-refractivity contribution is 0.293. The van der Waals surface area contributed by atoms with Gasteiger partial charge in [0.15, 0.2) is 0 Å². The van der Waals surface area contributed by atoms with Crippen molar-refractivity contribution in [2.24, 2.45) is 11.8 Å². The van der Waals surface area contributed by atoms with E-state index in [0.29, 0.717) is 5.69 Å². The first-order valence-corrected chi connectivity index (χ1v) is 7.09. The van der Waals surface area contributed by atoms with Gasteiger partial charge in [0.1, 0.15) is 5.82 Å². The predicted molar refractivity (Wildman–Crippen MR) is 76.0 cm³/mol. The van der Waals surface area contributed by atoms with E-state index >= 15 is 0 Å². The molecule has 0 aromatic carbocycles. The van der Waals surface area contributed by atoms with Crippen LogP contribution in [0.4, 0.5) is 11.5 Å². The molecule has 1 aliphatic carbocycles. The van der Waals surface area contributed by atoms with Gasteiger partial charge in [0.2, 0.25) is 0 Å². The van der Waals surface area contributed by atoms with Crippen molar-refractivity contribution < 1.29 is 0 Å². The fourth-order valence-corrected chi connectivity index (χ4v) is 2.94. The van der Waals surface area contributed by atoms with Crippen molar-refractivity contribution in [3.63, 3.8) is 0 Å². The average Bonchev–Trinajstić information content (AvgIpc) is 2.28. The van der Waals surface area contributed by atoms with Crippen LogP contribution in [0.3, 0.4) is 0 Å². The third-order valence-corrected chi connectivity index (χ3v) is 3.92. The zero-order valence-electron chi connectivity index (χ0n) is 10.2. The van der Waals surface area contributed by atoms with E-state index in [1.54, 1.807) is 6.20 Å². The molecule has 0 radical (unpaired) electrons. The second-order valence-corrected chi connectivity index (χ2v) is 6.03. The summed E-state index contributed by atoms with van der Waals surface area (Å²) in [4.78, 5) is 4.30. The molecule has 17 heavy (non-hydrogen) atoms. The molecule has 1 aliphatic rings. The number of nitrogen functional groups attached to an aromatic ring is 1. The van der Waals surface area contributed by atoms with Gasteiger partial charge in [0.05, 0.1) is 5.69 Å². The van der Waals surface area contributed by atoms with Crippen LogP contribution in [0.25, 0.3) is 0 Å². The zero-order chi connectivity index (χ0) is 12.3. The zero-order valence-corrected chi connectivity index (χ0v) is 11.8. The van der Waals surface area contributed by atoms with Gasteiger partial charge in [-0.2, -0.15) is 0 Å². The van der Waals surface area contributed by atoms with Crippen LogP contribution >= 0.6 is 15.9 Å². The van der Waals surface area contributed by atoms with Gasteiger partial charge in [-0.05, 0) is 46.7 Å². The Balaban J connectivity index is 1.88. The minimum atomic E-state index is 0.711. The highest BCUT2D eigenvalue weighted by Crippen LogP contribution is 2.29. The standard InChI is InChI=1S/C13H20BrN3/c1-9-3-2-4-10(5-9)7-16-13-12(15)6-11(14)8-17-13/h6,8-10H,2-5,7,15H2,1H3,(H,16,17). The Morgan fingerprint density at radius 2 is 2.35 bits per heavy atom. The molecule has 1 aromatic rings. The predicted octanol–water partition coefficient (Wildman–Crippen LogP) is 3.66. The Morgan fingerprint density at radius 3 is 3.06 bits per heavy atom. The number of halogens is 1. The molecule has 4 heteroatoms. The van der Waals surface area contributed by atoms with E-state index < -0.39 is 0 Å². The highest BCUT2D eigenvalue weighted by molar-refractivity contribution is 9.10. The van der Waals surface area contributed by atoms with Crippen molar-refractivity contribution in [2.45, 2.75) is 32.6 Å². The van der Waals surface area contributed by atoms with E-state index in [4.69, 9.17) is 5.73 Å². The van der Waals surface area contributed by atoms with Gasteiger partial charge in [0, 0.05) is 17.2 Å². The van der Waals surface area contributed by atoms with Crippen LogP contribution in [0, 0.1) is 11.8 Å². The Hall–Kier alpha value is -0.770. The Kier molecular flexibility index (Phi) is 4.26. The lowest BCUT2D eigenvalue weighted by Gasteiger charge is -2.27. The third-order valence-electron chi connectivity index (χ3n) is 3.49. The van der Waals surface area contributed by atoms with Gasteiger partial charge in [-0.1, -0.05) is 19.8 Å². The average molecular weight is 298 g/mol. The quantitative estimate of drug-likeness (QED) is 0.895. The van der Waals surface area contributed by atoms with Gasteiger partial charge in [0.25, 0.3) is 0 Å². The molecule has 3 N–H and O–H groups in total. The Bertz CT molecular complexity index is 381. The van der Waals surface area contributed by atoms with Crippen LogP contribution in [0.15, 0.2) is 16.7 Å². The SMILES string of the molecule is CC1CCCC(CNc2ncc(Br)cc2N)C1. The van der Waals surface area contributed by atoms with Gasteiger partial charge < -0.3 is 11.1 Å². The van der Waals surface area contributed by atoms with E-state index in [-0.39, 0.29) is 0 Å². The van der Waals surface area contributed by atoms with Crippen LogP contribution in [-0.2, 0) is 0 Å². The van der Waals surface area contributed by atoms with Gasteiger partial charge in [-0.15, -0.1) is 0 Å². The second-order valence-electron chi connectivity index (χ2n) is 5.11. The summed E-state index contributed by atoms with van der Waals surface area (Å²) in [7, 11) is 0. The van der Waals surface area contributed by atoms with Gasteiger partial charge >= 0.3 is 0 Å². The third kappa shape index (κ3) is 3.60. The maximum absolute atomic E-state index is 5.91.